The predicted octanol–water partition coefficient (Wildman–Crippen LogP) is 5.43. The molecule has 1 N–H and O–H groups in total. The average molecular weight is 364 g/mol. The zero-order chi connectivity index (χ0) is 15.4. The topological polar surface area (TPSA) is 12.0 Å². The summed E-state index contributed by atoms with van der Waals surface area (Å²) in [6.07, 6.45) is 0. The van der Waals surface area contributed by atoms with Crippen LogP contribution in [0.4, 0.5) is 0 Å². The summed E-state index contributed by atoms with van der Waals surface area (Å²) in [5.74, 6) is 1.03. The Labute approximate surface area is 140 Å². The highest BCUT2D eigenvalue weighted by atomic mass is 79.9. The van der Waals surface area contributed by atoms with Crippen LogP contribution in [0, 0.1) is 20.8 Å². The van der Waals surface area contributed by atoms with E-state index >= 15 is 0 Å². The smallest absolute Gasteiger partial charge is 0.0418 e. The van der Waals surface area contributed by atoms with E-state index in [2.05, 4.69) is 78.4 Å². The molecule has 0 radical (unpaired) electrons. The van der Waals surface area contributed by atoms with Crippen LogP contribution in [-0.4, -0.2) is 12.8 Å². The molecule has 0 amide bonds. The Bertz CT molecular complexity index is 584. The summed E-state index contributed by atoms with van der Waals surface area (Å²) in [5, 5.41) is 3.47. The lowest BCUT2D eigenvalue weighted by Gasteiger charge is -2.21. The first kappa shape index (κ1) is 16.6. The molecule has 1 unspecified atom stereocenters. The highest BCUT2D eigenvalue weighted by molar-refractivity contribution is 9.10. The van der Waals surface area contributed by atoms with Crippen molar-refractivity contribution in [3.63, 3.8) is 0 Å². The van der Waals surface area contributed by atoms with Gasteiger partial charge in [0.25, 0.3) is 0 Å². The third-order valence-electron chi connectivity index (χ3n) is 3.67. The Hall–Kier alpha value is -0.770. The highest BCUT2D eigenvalue weighted by Gasteiger charge is 2.15. The van der Waals surface area contributed by atoms with Crippen LogP contribution in [0.2, 0.25) is 0 Å². The number of thioether (sulfide) groups is 1. The van der Waals surface area contributed by atoms with Gasteiger partial charge in [-0.2, -0.15) is 0 Å². The molecule has 0 saturated carbocycles. The van der Waals surface area contributed by atoms with Gasteiger partial charge in [-0.05, 0) is 68.8 Å². The Morgan fingerprint density at radius 2 is 1.62 bits per heavy atom. The van der Waals surface area contributed by atoms with Gasteiger partial charge in [-0.3, -0.25) is 0 Å². The predicted molar refractivity (Wildman–Crippen MR) is 97.3 cm³/mol. The summed E-state index contributed by atoms with van der Waals surface area (Å²) >= 11 is 5.37. The fourth-order valence-corrected chi connectivity index (χ4v) is 4.05. The Morgan fingerprint density at radius 1 is 1.05 bits per heavy atom. The van der Waals surface area contributed by atoms with E-state index in [-0.39, 0.29) is 0 Å². The second-order valence-corrected chi connectivity index (χ2v) is 7.43. The fraction of sp³-hybridized carbons (Fsp3) is 0.333. The van der Waals surface area contributed by atoms with E-state index in [9.17, 15) is 0 Å². The monoisotopic (exact) mass is 363 g/mol. The normalized spacial score (nSPS) is 12.4. The van der Waals surface area contributed by atoms with Gasteiger partial charge in [0.2, 0.25) is 0 Å². The number of halogens is 1. The standard InChI is InChI=1S/C18H22BrNS/c1-12-9-13(2)18(14(3)10-12)17(20-4)11-21-16-7-5-15(19)6-8-16/h5-10,17,20H,11H2,1-4H3. The Morgan fingerprint density at radius 3 is 2.14 bits per heavy atom. The van der Waals surface area contributed by atoms with E-state index < -0.39 is 0 Å². The Balaban J connectivity index is 2.15. The zero-order valence-corrected chi connectivity index (χ0v) is 15.4. The molecule has 3 heteroatoms. The van der Waals surface area contributed by atoms with Crippen LogP contribution < -0.4 is 5.32 Å². The molecule has 21 heavy (non-hydrogen) atoms. The molecular formula is C18H22BrNS. The molecule has 0 heterocycles. The number of benzene rings is 2. The molecule has 2 aromatic carbocycles. The number of aryl methyl sites for hydroxylation is 3. The maximum absolute atomic E-state index is 3.48. The van der Waals surface area contributed by atoms with Crippen molar-refractivity contribution in [1.82, 2.24) is 5.32 Å². The van der Waals surface area contributed by atoms with Crippen molar-refractivity contribution in [2.45, 2.75) is 31.7 Å². The summed E-state index contributed by atoms with van der Waals surface area (Å²) < 4.78 is 1.13. The maximum atomic E-state index is 3.48. The van der Waals surface area contributed by atoms with E-state index in [4.69, 9.17) is 0 Å². The summed E-state index contributed by atoms with van der Waals surface area (Å²) in [4.78, 5) is 1.31. The van der Waals surface area contributed by atoms with Crippen LogP contribution >= 0.6 is 27.7 Å². The van der Waals surface area contributed by atoms with Crippen molar-refractivity contribution in [2.24, 2.45) is 0 Å². The van der Waals surface area contributed by atoms with E-state index in [1.54, 1.807) is 0 Å². The lowest BCUT2D eigenvalue weighted by Crippen LogP contribution is -2.21. The van der Waals surface area contributed by atoms with Gasteiger partial charge >= 0.3 is 0 Å². The third-order valence-corrected chi connectivity index (χ3v) is 5.30. The molecule has 0 aliphatic heterocycles. The van der Waals surface area contributed by atoms with Gasteiger partial charge in [-0.25, -0.2) is 0 Å². The second kappa shape index (κ2) is 7.48. The van der Waals surface area contributed by atoms with Crippen LogP contribution in [0.3, 0.4) is 0 Å². The molecule has 0 fully saturated rings. The number of hydrogen-bond donors (Lipinski definition) is 1. The van der Waals surface area contributed by atoms with Gasteiger partial charge in [0.15, 0.2) is 0 Å². The summed E-state index contributed by atoms with van der Waals surface area (Å²) in [5.41, 5.74) is 5.53. The van der Waals surface area contributed by atoms with Gasteiger partial charge in [0.05, 0.1) is 0 Å². The largest absolute Gasteiger partial charge is 0.312 e. The van der Waals surface area contributed by atoms with E-state index in [1.807, 2.05) is 18.8 Å². The minimum Gasteiger partial charge on any atom is -0.312 e. The van der Waals surface area contributed by atoms with Crippen LogP contribution in [0.5, 0.6) is 0 Å². The minimum atomic E-state index is 0.374. The maximum Gasteiger partial charge on any atom is 0.0418 e. The molecule has 2 aromatic rings. The van der Waals surface area contributed by atoms with Gasteiger partial charge < -0.3 is 5.32 Å². The van der Waals surface area contributed by atoms with E-state index in [0.717, 1.165) is 10.2 Å². The van der Waals surface area contributed by atoms with Crippen molar-refractivity contribution in [1.29, 1.82) is 0 Å². The van der Waals surface area contributed by atoms with Crippen LogP contribution in [-0.2, 0) is 0 Å². The zero-order valence-electron chi connectivity index (χ0n) is 13.0. The quantitative estimate of drug-likeness (QED) is 0.711. The molecule has 0 spiro atoms. The molecular weight excluding hydrogens is 342 g/mol. The molecule has 1 nitrogen and oxygen atoms in total. The summed E-state index contributed by atoms with van der Waals surface area (Å²) in [6.45, 7) is 6.59. The van der Waals surface area contributed by atoms with Gasteiger partial charge in [0, 0.05) is 21.2 Å². The molecule has 2 rings (SSSR count). The number of hydrogen-bond acceptors (Lipinski definition) is 2. The van der Waals surface area contributed by atoms with E-state index in [1.165, 1.54) is 27.1 Å². The number of nitrogens with one attached hydrogen (secondary N) is 1. The third kappa shape index (κ3) is 4.35. The van der Waals surface area contributed by atoms with Crippen molar-refractivity contribution in [3.05, 3.63) is 63.1 Å². The van der Waals surface area contributed by atoms with Crippen molar-refractivity contribution in [3.8, 4) is 0 Å². The van der Waals surface area contributed by atoms with E-state index in [0.29, 0.717) is 6.04 Å². The highest BCUT2D eigenvalue weighted by Crippen LogP contribution is 2.29. The van der Waals surface area contributed by atoms with Crippen molar-refractivity contribution in [2.75, 3.05) is 12.8 Å². The van der Waals surface area contributed by atoms with Crippen LogP contribution in [0.15, 0.2) is 45.8 Å². The summed E-state index contributed by atoms with van der Waals surface area (Å²) in [6, 6.07) is 13.4. The summed E-state index contributed by atoms with van der Waals surface area (Å²) in [7, 11) is 2.05. The Kier molecular flexibility index (Phi) is 5.91. The minimum absolute atomic E-state index is 0.374. The fourth-order valence-electron chi connectivity index (χ4n) is 2.76. The molecule has 0 aromatic heterocycles. The molecule has 1 atom stereocenters. The first-order valence-corrected chi connectivity index (χ1v) is 8.92. The molecule has 0 aliphatic carbocycles. The first-order chi connectivity index (χ1) is 10.0. The average Bonchev–Trinajstić information content (AvgIpc) is 2.43. The lowest BCUT2D eigenvalue weighted by atomic mass is 9.95. The molecule has 0 aliphatic rings. The lowest BCUT2D eigenvalue weighted by molar-refractivity contribution is 0.653. The van der Waals surface area contributed by atoms with Crippen molar-refractivity contribution < 1.29 is 0 Å². The first-order valence-electron chi connectivity index (χ1n) is 7.14. The molecule has 0 bridgehead atoms. The van der Waals surface area contributed by atoms with Gasteiger partial charge in [-0.1, -0.05) is 33.6 Å². The second-order valence-electron chi connectivity index (χ2n) is 5.42. The SMILES string of the molecule is CNC(CSc1ccc(Br)cc1)c1c(C)cc(C)cc1C. The molecule has 0 saturated heterocycles. The van der Waals surface area contributed by atoms with Gasteiger partial charge in [0.1, 0.15) is 0 Å². The van der Waals surface area contributed by atoms with Gasteiger partial charge in [-0.15, -0.1) is 11.8 Å². The molecule has 112 valence electrons. The van der Waals surface area contributed by atoms with Crippen molar-refractivity contribution >= 4 is 27.7 Å². The number of rotatable bonds is 5. The van der Waals surface area contributed by atoms with Crippen LogP contribution in [0.1, 0.15) is 28.3 Å². The van der Waals surface area contributed by atoms with Crippen LogP contribution in [0.25, 0.3) is 0 Å².